The highest BCUT2D eigenvalue weighted by Crippen LogP contribution is 2.63. The number of phenols is 7. The number of ether oxygens (including phenoxy) is 3. The predicted molar refractivity (Wildman–Crippen MR) is 146 cm³/mol. The first-order chi connectivity index (χ1) is 20.4. The van der Waals surface area contributed by atoms with Gasteiger partial charge in [0.1, 0.15) is 46.7 Å². The molecule has 4 aromatic carbocycles. The van der Waals surface area contributed by atoms with Crippen molar-refractivity contribution in [2.24, 2.45) is 0 Å². The number of fused-ring (bicyclic) bond motifs is 8. The average molecular weight is 591 g/mol. The van der Waals surface area contributed by atoms with Gasteiger partial charge in [0.25, 0.3) is 0 Å². The van der Waals surface area contributed by atoms with Crippen LogP contribution in [0.5, 0.6) is 57.5 Å². The van der Waals surface area contributed by atoms with E-state index in [1.807, 2.05) is 0 Å². The minimum Gasteiger partial charge on any atom is -0.508 e. The molecule has 0 spiro atoms. The Morgan fingerprint density at radius 3 is 1.93 bits per heavy atom. The molecule has 0 fully saturated rings. The summed E-state index contributed by atoms with van der Waals surface area (Å²) in [4.78, 5) is 0. The molecule has 1 unspecified atom stereocenters. The van der Waals surface area contributed by atoms with Crippen molar-refractivity contribution in [3.8, 4) is 57.5 Å². The second-order valence-corrected chi connectivity index (χ2v) is 11.0. The molecule has 12 heteroatoms. The summed E-state index contributed by atoms with van der Waals surface area (Å²) in [7, 11) is 0. The third-order valence-electron chi connectivity index (χ3n) is 8.48. The number of rotatable bonds is 2. The van der Waals surface area contributed by atoms with E-state index >= 15 is 0 Å². The lowest BCUT2D eigenvalue weighted by atomic mass is 9.73. The summed E-state index contributed by atoms with van der Waals surface area (Å²) in [5.41, 5.74) is 0.837. The van der Waals surface area contributed by atoms with Crippen molar-refractivity contribution in [3.63, 3.8) is 0 Å². The van der Waals surface area contributed by atoms with Crippen LogP contribution < -0.4 is 14.2 Å². The quantitative estimate of drug-likeness (QED) is 0.154. The van der Waals surface area contributed by atoms with Gasteiger partial charge in [-0.3, -0.25) is 0 Å². The minimum absolute atomic E-state index is 0.0202. The van der Waals surface area contributed by atoms with Crippen LogP contribution in [0.4, 0.5) is 0 Å². The molecule has 2 bridgehead atoms. The summed E-state index contributed by atoms with van der Waals surface area (Å²) in [5.74, 6) is -6.90. The number of hydrogen-bond acceptors (Lipinski definition) is 12. The Bertz CT molecular complexity index is 1820. The molecule has 9 N–H and O–H groups in total. The van der Waals surface area contributed by atoms with Crippen LogP contribution in [-0.4, -0.2) is 58.2 Å². The average Bonchev–Trinajstić information content (AvgIpc) is 2.94. The zero-order valence-electron chi connectivity index (χ0n) is 22.3. The third-order valence-corrected chi connectivity index (χ3v) is 8.48. The normalized spacial score (nSPS) is 26.6. The topological polar surface area (TPSA) is 210 Å². The second-order valence-electron chi connectivity index (χ2n) is 11.0. The zero-order chi connectivity index (χ0) is 30.5. The number of aliphatic hydroxyl groups is 2. The lowest BCUT2D eigenvalue weighted by Crippen LogP contribution is -2.57. The fourth-order valence-corrected chi connectivity index (χ4v) is 6.38. The van der Waals surface area contributed by atoms with Gasteiger partial charge in [-0.2, -0.15) is 0 Å². The van der Waals surface area contributed by atoms with Crippen LogP contribution >= 0.6 is 0 Å². The first-order valence-electron chi connectivity index (χ1n) is 13.3. The predicted octanol–water partition coefficient (Wildman–Crippen LogP) is 3.35. The van der Waals surface area contributed by atoms with Gasteiger partial charge in [0, 0.05) is 46.4 Å². The molecular formula is C31H26O12. The first kappa shape index (κ1) is 26.7. The highest BCUT2D eigenvalue weighted by Gasteiger charge is 2.60. The fraction of sp³-hybridized carbons (Fsp3) is 0.226. The molecule has 43 heavy (non-hydrogen) atoms. The summed E-state index contributed by atoms with van der Waals surface area (Å²) in [6, 6.07) is 11.2. The van der Waals surface area contributed by atoms with Crippen molar-refractivity contribution < 1.29 is 60.2 Å². The molecule has 3 heterocycles. The van der Waals surface area contributed by atoms with E-state index < -0.39 is 58.9 Å². The number of aliphatic hydroxyl groups excluding tert-OH is 2. The van der Waals surface area contributed by atoms with E-state index in [0.717, 1.165) is 12.1 Å². The molecule has 0 aliphatic carbocycles. The maximum atomic E-state index is 12.0. The van der Waals surface area contributed by atoms with Crippen LogP contribution in [0.2, 0.25) is 0 Å². The van der Waals surface area contributed by atoms with Gasteiger partial charge in [-0.25, -0.2) is 0 Å². The minimum atomic E-state index is -2.10. The van der Waals surface area contributed by atoms with Crippen LogP contribution in [0.3, 0.4) is 0 Å². The van der Waals surface area contributed by atoms with E-state index in [1.165, 1.54) is 42.5 Å². The standard InChI is InChI=1S/C31H26O12/c1-11-23-20(38)10-22-25(29(23)41-28(27(11)39)12-2-4-15(33)17(35)6-12)26-24-19(37)8-14(32)9-21(24)42-31(43-22,30(26)40)13-3-5-16(34)18(36)7-13/h2-11,26-28,30,32-40H,1H3/t11?,26-,27+,28-,30-,31+/m1/s1. The van der Waals surface area contributed by atoms with Gasteiger partial charge in [-0.1, -0.05) is 13.0 Å². The van der Waals surface area contributed by atoms with Crippen molar-refractivity contribution in [2.75, 3.05) is 0 Å². The highest BCUT2D eigenvalue weighted by molar-refractivity contribution is 5.68. The number of hydrogen-bond donors (Lipinski definition) is 9. The van der Waals surface area contributed by atoms with Crippen molar-refractivity contribution in [1.29, 1.82) is 0 Å². The summed E-state index contributed by atoms with van der Waals surface area (Å²) in [6.45, 7) is 1.66. The van der Waals surface area contributed by atoms with Crippen LogP contribution in [0.25, 0.3) is 0 Å². The Labute approximate surface area is 243 Å². The summed E-state index contributed by atoms with van der Waals surface area (Å²) >= 11 is 0. The molecule has 0 radical (unpaired) electrons. The smallest absolute Gasteiger partial charge is 0.305 e. The SMILES string of the molecule is CC1c2c(O)cc3c(c2O[C@H](c2ccc(O)c(O)c2)[C@H]1O)[C@H]1c2c(O)cc(O)cc2O[C@@](c2ccc(O)c(O)c2)(O3)[C@@H]1O. The summed E-state index contributed by atoms with van der Waals surface area (Å²) in [6.07, 6.45) is -3.96. The highest BCUT2D eigenvalue weighted by atomic mass is 16.7. The molecule has 0 amide bonds. The van der Waals surface area contributed by atoms with Gasteiger partial charge in [-0.05, 0) is 35.9 Å². The first-order valence-corrected chi connectivity index (χ1v) is 13.3. The molecule has 0 saturated heterocycles. The maximum absolute atomic E-state index is 12.0. The van der Waals surface area contributed by atoms with E-state index in [-0.39, 0.29) is 56.8 Å². The summed E-state index contributed by atoms with van der Waals surface area (Å²) in [5, 5.41) is 95.8. The molecule has 4 aromatic rings. The van der Waals surface area contributed by atoms with Gasteiger partial charge in [0.2, 0.25) is 0 Å². The molecular weight excluding hydrogens is 564 g/mol. The molecule has 0 aromatic heterocycles. The molecule has 222 valence electrons. The van der Waals surface area contributed by atoms with Crippen molar-refractivity contribution >= 4 is 0 Å². The third kappa shape index (κ3) is 3.63. The van der Waals surface area contributed by atoms with E-state index in [0.29, 0.717) is 5.56 Å². The van der Waals surface area contributed by atoms with Gasteiger partial charge < -0.3 is 60.2 Å². The van der Waals surface area contributed by atoms with Crippen molar-refractivity contribution in [1.82, 2.24) is 0 Å². The largest absolute Gasteiger partial charge is 0.508 e. The second kappa shape index (κ2) is 8.90. The number of aromatic hydroxyl groups is 7. The van der Waals surface area contributed by atoms with Crippen LogP contribution in [0, 0.1) is 0 Å². The Balaban J connectivity index is 1.49. The molecule has 7 rings (SSSR count). The van der Waals surface area contributed by atoms with Crippen LogP contribution in [-0.2, 0) is 5.79 Å². The van der Waals surface area contributed by atoms with Crippen LogP contribution in [0.15, 0.2) is 54.6 Å². The van der Waals surface area contributed by atoms with Gasteiger partial charge in [0.05, 0.1) is 5.92 Å². The Hall–Kier alpha value is -5.20. The Morgan fingerprint density at radius 1 is 0.628 bits per heavy atom. The van der Waals surface area contributed by atoms with Gasteiger partial charge >= 0.3 is 5.79 Å². The molecule has 6 atom stereocenters. The fourth-order valence-electron chi connectivity index (χ4n) is 6.38. The lowest BCUT2D eigenvalue weighted by Gasteiger charge is -2.50. The van der Waals surface area contributed by atoms with E-state index in [1.54, 1.807) is 6.92 Å². The Kier molecular flexibility index (Phi) is 5.52. The number of phenolic OH excluding ortho intramolecular Hbond substituents is 7. The van der Waals surface area contributed by atoms with Crippen molar-refractivity contribution in [3.05, 3.63) is 82.4 Å². The van der Waals surface area contributed by atoms with Gasteiger partial charge in [0.15, 0.2) is 29.1 Å². The lowest BCUT2D eigenvalue weighted by molar-refractivity contribution is -0.219. The molecule has 12 nitrogen and oxygen atoms in total. The molecule has 3 aliphatic heterocycles. The molecule has 0 saturated carbocycles. The zero-order valence-corrected chi connectivity index (χ0v) is 22.3. The van der Waals surface area contributed by atoms with Crippen LogP contribution in [0.1, 0.15) is 52.7 Å². The number of benzene rings is 4. The van der Waals surface area contributed by atoms with E-state index in [9.17, 15) is 46.0 Å². The van der Waals surface area contributed by atoms with Crippen molar-refractivity contribution in [2.45, 2.75) is 42.9 Å². The summed E-state index contributed by atoms with van der Waals surface area (Å²) < 4.78 is 18.8. The molecule has 3 aliphatic rings. The van der Waals surface area contributed by atoms with Gasteiger partial charge in [-0.15, -0.1) is 0 Å². The monoisotopic (exact) mass is 590 g/mol. The maximum Gasteiger partial charge on any atom is 0.305 e. The van der Waals surface area contributed by atoms with E-state index in [4.69, 9.17) is 14.2 Å². The Morgan fingerprint density at radius 2 is 1.26 bits per heavy atom. The van der Waals surface area contributed by atoms with E-state index in [2.05, 4.69) is 0 Å².